The highest BCUT2D eigenvalue weighted by atomic mass is 14.9. The molecule has 0 radical (unpaired) electrons. The molecule has 3 rings (SSSR count). The van der Waals surface area contributed by atoms with Crippen molar-refractivity contribution in [1.82, 2.24) is 5.32 Å². The molecule has 0 saturated carbocycles. The number of rotatable bonds is 4. The standard InChI is InChI=1S/C17H21N3/c18-11-13-6-8-14(9-7-13)12-20-16-5-1-3-15-4-2-10-19-17(15)16/h2-4,6-9,16,20H,1,5,10-12,18H2. The summed E-state index contributed by atoms with van der Waals surface area (Å²) in [6.45, 7) is 2.30. The van der Waals surface area contributed by atoms with E-state index < -0.39 is 0 Å². The van der Waals surface area contributed by atoms with Crippen molar-refractivity contribution in [3.8, 4) is 0 Å². The number of nitrogens with one attached hydrogen (secondary N) is 1. The summed E-state index contributed by atoms with van der Waals surface area (Å²) < 4.78 is 0. The number of hydrogen-bond acceptors (Lipinski definition) is 3. The van der Waals surface area contributed by atoms with Gasteiger partial charge in [0, 0.05) is 13.1 Å². The first-order valence-corrected chi connectivity index (χ1v) is 7.29. The van der Waals surface area contributed by atoms with E-state index in [-0.39, 0.29) is 0 Å². The molecule has 1 aromatic carbocycles. The van der Waals surface area contributed by atoms with E-state index in [9.17, 15) is 0 Å². The average molecular weight is 267 g/mol. The number of dihydropyridines is 1. The molecule has 1 unspecified atom stereocenters. The third-order valence-electron chi connectivity index (χ3n) is 3.92. The molecule has 0 amide bonds. The van der Waals surface area contributed by atoms with Gasteiger partial charge in [0.05, 0.1) is 18.3 Å². The first-order chi connectivity index (χ1) is 9.86. The minimum atomic E-state index is 0.383. The largest absolute Gasteiger partial charge is 0.326 e. The van der Waals surface area contributed by atoms with Gasteiger partial charge in [0.1, 0.15) is 0 Å². The summed E-state index contributed by atoms with van der Waals surface area (Å²) in [5.74, 6) is 0. The van der Waals surface area contributed by atoms with Crippen molar-refractivity contribution in [1.29, 1.82) is 0 Å². The Balaban J connectivity index is 1.63. The van der Waals surface area contributed by atoms with Gasteiger partial charge in [-0.1, -0.05) is 42.5 Å². The van der Waals surface area contributed by atoms with Gasteiger partial charge < -0.3 is 11.1 Å². The second kappa shape index (κ2) is 6.16. The lowest BCUT2D eigenvalue weighted by Gasteiger charge is -2.26. The van der Waals surface area contributed by atoms with Crippen molar-refractivity contribution in [2.24, 2.45) is 10.7 Å². The molecule has 0 saturated heterocycles. The maximum Gasteiger partial charge on any atom is 0.0590 e. The summed E-state index contributed by atoms with van der Waals surface area (Å²) in [7, 11) is 0. The molecular weight excluding hydrogens is 246 g/mol. The van der Waals surface area contributed by atoms with Crippen molar-refractivity contribution in [2.75, 3.05) is 6.54 Å². The predicted molar refractivity (Wildman–Crippen MR) is 83.7 cm³/mol. The molecule has 1 heterocycles. The Labute approximate surface area is 120 Å². The molecule has 1 atom stereocenters. The van der Waals surface area contributed by atoms with E-state index in [1.165, 1.54) is 22.4 Å². The van der Waals surface area contributed by atoms with E-state index in [1.807, 2.05) is 0 Å². The first-order valence-electron chi connectivity index (χ1n) is 7.29. The molecule has 2 aliphatic rings. The number of benzene rings is 1. The smallest absolute Gasteiger partial charge is 0.0590 e. The van der Waals surface area contributed by atoms with Crippen molar-refractivity contribution in [2.45, 2.75) is 32.0 Å². The fraction of sp³-hybridized carbons (Fsp3) is 0.353. The molecule has 104 valence electrons. The number of allylic oxidation sites excluding steroid dienone is 2. The molecular formula is C17H21N3. The number of aliphatic imine (C=N–C) groups is 1. The van der Waals surface area contributed by atoms with Gasteiger partial charge >= 0.3 is 0 Å². The van der Waals surface area contributed by atoms with Crippen molar-refractivity contribution in [3.63, 3.8) is 0 Å². The van der Waals surface area contributed by atoms with Crippen molar-refractivity contribution >= 4 is 5.71 Å². The summed E-state index contributed by atoms with van der Waals surface area (Å²) in [5, 5.41) is 3.64. The molecule has 0 fully saturated rings. The van der Waals surface area contributed by atoms with Gasteiger partial charge in [-0.05, 0) is 29.5 Å². The SMILES string of the molecule is NCc1ccc(CNC2CCC=C3C=CCN=C32)cc1. The monoisotopic (exact) mass is 267 g/mol. The van der Waals surface area contributed by atoms with Crippen molar-refractivity contribution < 1.29 is 0 Å². The molecule has 3 nitrogen and oxygen atoms in total. The van der Waals surface area contributed by atoms with Crippen LogP contribution < -0.4 is 11.1 Å². The van der Waals surface area contributed by atoms with Gasteiger partial charge in [-0.3, -0.25) is 4.99 Å². The van der Waals surface area contributed by atoms with Crippen LogP contribution in [0.4, 0.5) is 0 Å². The Bertz CT molecular complexity index is 552. The zero-order valence-electron chi connectivity index (χ0n) is 11.7. The van der Waals surface area contributed by atoms with Crippen LogP contribution in [0.3, 0.4) is 0 Å². The average Bonchev–Trinajstić information content (AvgIpc) is 2.53. The van der Waals surface area contributed by atoms with Crippen molar-refractivity contribution in [3.05, 3.63) is 59.2 Å². The Hall–Kier alpha value is -1.71. The van der Waals surface area contributed by atoms with Crippen LogP contribution in [-0.2, 0) is 13.1 Å². The van der Waals surface area contributed by atoms with Crippen LogP contribution in [0.1, 0.15) is 24.0 Å². The summed E-state index contributed by atoms with van der Waals surface area (Å²) in [6, 6.07) is 8.89. The number of nitrogens with two attached hydrogens (primary N) is 1. The molecule has 0 aromatic heterocycles. The molecule has 3 N–H and O–H groups in total. The highest BCUT2D eigenvalue weighted by Gasteiger charge is 2.22. The number of nitrogens with zero attached hydrogens (tertiary/aromatic N) is 1. The third-order valence-corrected chi connectivity index (χ3v) is 3.92. The summed E-state index contributed by atoms with van der Waals surface area (Å²) >= 11 is 0. The molecule has 1 aliphatic heterocycles. The van der Waals surface area contributed by atoms with Crippen LogP contribution in [0.5, 0.6) is 0 Å². The van der Waals surface area contributed by atoms with Crippen LogP contribution in [0, 0.1) is 0 Å². The molecule has 20 heavy (non-hydrogen) atoms. The molecule has 0 spiro atoms. The molecule has 1 aromatic rings. The van der Waals surface area contributed by atoms with Gasteiger partial charge in [-0.2, -0.15) is 0 Å². The first kappa shape index (κ1) is 13.3. The topological polar surface area (TPSA) is 50.4 Å². The van der Waals surface area contributed by atoms with E-state index in [2.05, 4.69) is 52.8 Å². The lowest BCUT2D eigenvalue weighted by Crippen LogP contribution is -2.39. The minimum Gasteiger partial charge on any atom is -0.326 e. The van der Waals surface area contributed by atoms with E-state index >= 15 is 0 Å². The molecule has 1 aliphatic carbocycles. The lowest BCUT2D eigenvalue weighted by molar-refractivity contribution is 0.575. The normalized spacial score (nSPS) is 21.1. The Morgan fingerprint density at radius 2 is 2.00 bits per heavy atom. The zero-order valence-corrected chi connectivity index (χ0v) is 11.7. The summed E-state index contributed by atoms with van der Waals surface area (Å²) in [4.78, 5) is 4.66. The van der Waals surface area contributed by atoms with Gasteiger partial charge in [-0.15, -0.1) is 0 Å². The maximum atomic E-state index is 5.62. The zero-order chi connectivity index (χ0) is 13.8. The quantitative estimate of drug-likeness (QED) is 0.879. The van der Waals surface area contributed by atoms with E-state index in [4.69, 9.17) is 5.73 Å². The second-order valence-corrected chi connectivity index (χ2v) is 5.32. The van der Waals surface area contributed by atoms with E-state index in [0.717, 1.165) is 25.9 Å². The number of fused-ring (bicyclic) bond motifs is 1. The predicted octanol–water partition coefficient (Wildman–Crippen LogP) is 2.33. The van der Waals surface area contributed by atoms with Crippen LogP contribution >= 0.6 is 0 Å². The summed E-state index contributed by atoms with van der Waals surface area (Å²) in [6.07, 6.45) is 8.89. The third kappa shape index (κ3) is 2.89. The van der Waals surface area contributed by atoms with Gasteiger partial charge in [-0.25, -0.2) is 0 Å². The Morgan fingerprint density at radius 3 is 2.80 bits per heavy atom. The van der Waals surface area contributed by atoms with E-state index in [0.29, 0.717) is 12.6 Å². The van der Waals surface area contributed by atoms with Gasteiger partial charge in [0.2, 0.25) is 0 Å². The fourth-order valence-corrected chi connectivity index (χ4v) is 2.77. The van der Waals surface area contributed by atoms with Crippen LogP contribution in [-0.4, -0.2) is 18.3 Å². The highest BCUT2D eigenvalue weighted by molar-refractivity contribution is 6.07. The molecule has 0 bridgehead atoms. The van der Waals surface area contributed by atoms with Gasteiger partial charge in [0.15, 0.2) is 0 Å². The highest BCUT2D eigenvalue weighted by Crippen LogP contribution is 2.20. The lowest BCUT2D eigenvalue weighted by atomic mass is 9.90. The Morgan fingerprint density at radius 1 is 1.20 bits per heavy atom. The van der Waals surface area contributed by atoms with E-state index in [1.54, 1.807) is 0 Å². The van der Waals surface area contributed by atoms with Crippen LogP contribution in [0.2, 0.25) is 0 Å². The number of hydrogen-bond donors (Lipinski definition) is 2. The van der Waals surface area contributed by atoms with Crippen LogP contribution in [0.15, 0.2) is 53.1 Å². The second-order valence-electron chi connectivity index (χ2n) is 5.32. The summed E-state index contributed by atoms with van der Waals surface area (Å²) in [5.41, 5.74) is 10.6. The maximum absolute atomic E-state index is 5.62. The molecule has 3 heteroatoms. The van der Waals surface area contributed by atoms with Crippen LogP contribution in [0.25, 0.3) is 0 Å². The minimum absolute atomic E-state index is 0.383. The fourth-order valence-electron chi connectivity index (χ4n) is 2.77. The van der Waals surface area contributed by atoms with Gasteiger partial charge in [0.25, 0.3) is 0 Å². The Kier molecular flexibility index (Phi) is 4.09.